The molecule has 0 bridgehead atoms. The predicted octanol–water partition coefficient (Wildman–Crippen LogP) is 4.71. The van der Waals surface area contributed by atoms with Crippen LogP contribution in [0.5, 0.6) is 0 Å². The van der Waals surface area contributed by atoms with E-state index in [2.05, 4.69) is 11.7 Å². The Morgan fingerprint density at radius 1 is 0.875 bits per heavy atom. The molecule has 0 radical (unpaired) electrons. The van der Waals surface area contributed by atoms with Crippen LogP contribution < -0.4 is 0 Å². The molecule has 4 heteroatoms. The summed E-state index contributed by atoms with van der Waals surface area (Å²) in [5, 5.41) is 0. The molecule has 0 saturated heterocycles. The molecule has 0 N–H and O–H groups in total. The van der Waals surface area contributed by atoms with Gasteiger partial charge in [-0.25, -0.2) is 4.39 Å². The number of unbranched alkanes of at least 4 members (excludes halogenated alkanes) is 7. The van der Waals surface area contributed by atoms with E-state index in [1.54, 1.807) is 0 Å². The minimum atomic E-state index is -3.58. The van der Waals surface area contributed by atoms with Crippen molar-refractivity contribution in [2.24, 2.45) is 0 Å². The van der Waals surface area contributed by atoms with Gasteiger partial charge in [-0.05, 0) is 6.42 Å². The van der Waals surface area contributed by atoms with Crippen molar-refractivity contribution in [3.8, 4) is 0 Å². The van der Waals surface area contributed by atoms with Gasteiger partial charge in [0.15, 0.2) is 6.67 Å². The number of alkyl halides is 3. The largest absolute Gasteiger partial charge is 0.384 e. The van der Waals surface area contributed by atoms with Gasteiger partial charge < -0.3 is 4.74 Å². The summed E-state index contributed by atoms with van der Waals surface area (Å²) in [5.74, 6) is 0. The van der Waals surface area contributed by atoms with Gasteiger partial charge in [-0.15, -0.1) is 0 Å². The maximum atomic E-state index is 12.3. The molecule has 0 fully saturated rings. The lowest BCUT2D eigenvalue weighted by Gasteiger charge is -2.12. The van der Waals surface area contributed by atoms with Crippen LogP contribution in [0.4, 0.5) is 13.2 Å². The Hall–Kier alpha value is -0.250. The standard InChI is InChI=1S/C12H23F3O/c1-2-3-4-5-6-7-8-9-10-16-12(14,15)11-13/h2-11H2,1H3. The van der Waals surface area contributed by atoms with E-state index in [0.717, 1.165) is 19.3 Å². The Labute approximate surface area is 96.4 Å². The molecule has 0 aromatic carbocycles. The second-order valence-electron chi connectivity index (χ2n) is 4.09. The Balaban J connectivity index is 3.10. The Bertz CT molecular complexity index is 151. The summed E-state index contributed by atoms with van der Waals surface area (Å²) in [6, 6.07) is 0. The van der Waals surface area contributed by atoms with Crippen molar-refractivity contribution in [1.82, 2.24) is 0 Å². The fourth-order valence-corrected chi connectivity index (χ4v) is 1.50. The summed E-state index contributed by atoms with van der Waals surface area (Å²) in [7, 11) is 0. The van der Waals surface area contributed by atoms with Gasteiger partial charge in [-0.3, -0.25) is 0 Å². The lowest BCUT2D eigenvalue weighted by Crippen LogP contribution is -2.23. The SMILES string of the molecule is CCCCCCCCCCOC(F)(F)CF. The first-order valence-corrected chi connectivity index (χ1v) is 6.20. The third-order valence-corrected chi connectivity index (χ3v) is 2.47. The monoisotopic (exact) mass is 240 g/mol. The lowest BCUT2D eigenvalue weighted by atomic mass is 10.1. The molecule has 0 aliphatic rings. The fraction of sp³-hybridized carbons (Fsp3) is 1.00. The third-order valence-electron chi connectivity index (χ3n) is 2.47. The summed E-state index contributed by atoms with van der Waals surface area (Å²) >= 11 is 0. The van der Waals surface area contributed by atoms with E-state index in [9.17, 15) is 13.2 Å². The van der Waals surface area contributed by atoms with Crippen molar-refractivity contribution in [3.05, 3.63) is 0 Å². The van der Waals surface area contributed by atoms with E-state index >= 15 is 0 Å². The maximum absolute atomic E-state index is 12.3. The minimum absolute atomic E-state index is 0.0497. The van der Waals surface area contributed by atoms with Crippen LogP contribution in [0.1, 0.15) is 58.3 Å². The number of rotatable bonds is 11. The van der Waals surface area contributed by atoms with E-state index in [1.165, 1.54) is 25.7 Å². The average molecular weight is 240 g/mol. The van der Waals surface area contributed by atoms with E-state index in [-0.39, 0.29) is 6.61 Å². The molecule has 0 aliphatic heterocycles. The molecule has 0 aromatic heterocycles. The smallest absolute Gasteiger partial charge is 0.318 e. The van der Waals surface area contributed by atoms with Crippen molar-refractivity contribution in [2.75, 3.05) is 13.3 Å². The first-order valence-electron chi connectivity index (χ1n) is 6.20. The first-order chi connectivity index (χ1) is 7.62. The Morgan fingerprint density at radius 3 is 1.88 bits per heavy atom. The molecule has 0 atom stereocenters. The third kappa shape index (κ3) is 10.3. The molecule has 98 valence electrons. The minimum Gasteiger partial charge on any atom is -0.318 e. The second kappa shape index (κ2) is 9.94. The molecular formula is C12H23F3O. The van der Waals surface area contributed by atoms with E-state index in [0.29, 0.717) is 6.42 Å². The van der Waals surface area contributed by atoms with Gasteiger partial charge in [0.2, 0.25) is 0 Å². The fourth-order valence-electron chi connectivity index (χ4n) is 1.50. The van der Waals surface area contributed by atoms with Crippen LogP contribution in [0.2, 0.25) is 0 Å². The van der Waals surface area contributed by atoms with Crippen molar-refractivity contribution >= 4 is 0 Å². The van der Waals surface area contributed by atoms with Gasteiger partial charge in [0, 0.05) is 0 Å². The summed E-state index contributed by atoms with van der Waals surface area (Å²) in [6.07, 6.45) is 5.06. The van der Waals surface area contributed by atoms with Crippen LogP contribution in [0, 0.1) is 0 Å². The first kappa shape index (κ1) is 15.8. The summed E-state index contributed by atoms with van der Waals surface area (Å²) in [6.45, 7) is 0.387. The van der Waals surface area contributed by atoms with Crippen molar-refractivity contribution in [1.29, 1.82) is 0 Å². The zero-order valence-electron chi connectivity index (χ0n) is 10.1. The molecule has 16 heavy (non-hydrogen) atoms. The quantitative estimate of drug-likeness (QED) is 0.475. The van der Waals surface area contributed by atoms with Gasteiger partial charge in [0.05, 0.1) is 6.61 Å². The molecule has 1 nitrogen and oxygen atoms in total. The van der Waals surface area contributed by atoms with E-state index < -0.39 is 12.8 Å². The van der Waals surface area contributed by atoms with Gasteiger partial charge in [0.1, 0.15) is 0 Å². The zero-order chi connectivity index (χ0) is 12.3. The summed E-state index contributed by atoms with van der Waals surface area (Å²) < 4.78 is 40.3. The van der Waals surface area contributed by atoms with Crippen LogP contribution in [-0.2, 0) is 4.74 Å². The molecule has 0 rings (SSSR count). The predicted molar refractivity (Wildman–Crippen MR) is 59.5 cm³/mol. The van der Waals surface area contributed by atoms with Gasteiger partial charge >= 0.3 is 6.11 Å². The lowest BCUT2D eigenvalue weighted by molar-refractivity contribution is -0.246. The van der Waals surface area contributed by atoms with Crippen molar-refractivity contribution in [3.63, 3.8) is 0 Å². The van der Waals surface area contributed by atoms with Crippen molar-refractivity contribution < 1.29 is 17.9 Å². The summed E-state index contributed by atoms with van der Waals surface area (Å²) in [5.41, 5.74) is 0. The maximum Gasteiger partial charge on any atom is 0.384 e. The van der Waals surface area contributed by atoms with Crippen LogP contribution in [-0.4, -0.2) is 19.4 Å². The normalized spacial score (nSPS) is 12.0. The van der Waals surface area contributed by atoms with Gasteiger partial charge in [-0.1, -0.05) is 51.9 Å². The van der Waals surface area contributed by atoms with E-state index in [1.807, 2.05) is 0 Å². The molecule has 0 unspecified atom stereocenters. The number of hydrogen-bond donors (Lipinski definition) is 0. The summed E-state index contributed by atoms with van der Waals surface area (Å²) in [4.78, 5) is 0. The van der Waals surface area contributed by atoms with Gasteiger partial charge in [0.25, 0.3) is 0 Å². The Morgan fingerprint density at radius 2 is 1.38 bits per heavy atom. The second-order valence-corrected chi connectivity index (χ2v) is 4.09. The van der Waals surface area contributed by atoms with Crippen LogP contribution in [0.3, 0.4) is 0 Å². The highest BCUT2D eigenvalue weighted by Crippen LogP contribution is 2.16. The molecule has 0 heterocycles. The number of hydrogen-bond acceptors (Lipinski definition) is 1. The number of halogens is 3. The van der Waals surface area contributed by atoms with Crippen LogP contribution in [0.15, 0.2) is 0 Å². The molecular weight excluding hydrogens is 217 g/mol. The molecule has 0 amide bonds. The van der Waals surface area contributed by atoms with Crippen LogP contribution in [0.25, 0.3) is 0 Å². The molecule has 0 saturated carbocycles. The molecule has 0 spiro atoms. The highest BCUT2D eigenvalue weighted by atomic mass is 19.3. The van der Waals surface area contributed by atoms with Gasteiger partial charge in [-0.2, -0.15) is 8.78 Å². The number of ether oxygens (including phenoxy) is 1. The van der Waals surface area contributed by atoms with Crippen molar-refractivity contribution in [2.45, 2.75) is 64.4 Å². The molecule has 0 aliphatic carbocycles. The average Bonchev–Trinajstić information content (AvgIpc) is 2.27. The van der Waals surface area contributed by atoms with Crippen LogP contribution >= 0.6 is 0 Å². The molecule has 0 aromatic rings. The van der Waals surface area contributed by atoms with E-state index in [4.69, 9.17) is 0 Å². The zero-order valence-corrected chi connectivity index (χ0v) is 10.1. The highest BCUT2D eigenvalue weighted by molar-refractivity contribution is 4.50. The Kier molecular flexibility index (Phi) is 9.78. The topological polar surface area (TPSA) is 9.23 Å². The highest BCUT2D eigenvalue weighted by Gasteiger charge is 2.29.